The van der Waals surface area contributed by atoms with Crippen LogP contribution in [0.15, 0.2) is 45.5 Å². The van der Waals surface area contributed by atoms with Crippen LogP contribution in [0.1, 0.15) is 22.2 Å². The minimum Gasteiger partial charge on any atom is -0.461 e. The molecule has 0 radical (unpaired) electrons. The predicted octanol–water partition coefficient (Wildman–Crippen LogP) is 3.88. The summed E-state index contributed by atoms with van der Waals surface area (Å²) in [6.07, 6.45) is 1.55. The Bertz CT molecular complexity index is 886. The summed E-state index contributed by atoms with van der Waals surface area (Å²) in [7, 11) is 0. The van der Waals surface area contributed by atoms with Crippen LogP contribution in [0.4, 0.5) is 0 Å². The van der Waals surface area contributed by atoms with Gasteiger partial charge in [0, 0.05) is 18.1 Å². The van der Waals surface area contributed by atoms with E-state index in [0.29, 0.717) is 46.2 Å². The number of likely N-dealkylation sites (tertiary alicyclic amines) is 1. The van der Waals surface area contributed by atoms with Crippen molar-refractivity contribution in [2.45, 2.75) is 5.92 Å². The van der Waals surface area contributed by atoms with Crippen LogP contribution in [0.5, 0.6) is 0 Å². The normalized spacial score (nSPS) is 14.7. The Labute approximate surface area is 147 Å². The van der Waals surface area contributed by atoms with Crippen molar-refractivity contribution < 1.29 is 13.7 Å². The average Bonchev–Trinajstić information content (AvgIpc) is 3.18. The van der Waals surface area contributed by atoms with Crippen molar-refractivity contribution in [3.05, 3.63) is 58.1 Å². The maximum absolute atomic E-state index is 12.5. The van der Waals surface area contributed by atoms with Crippen LogP contribution in [0.2, 0.25) is 10.0 Å². The second-order valence-electron chi connectivity index (χ2n) is 5.46. The molecule has 1 aliphatic heterocycles. The van der Waals surface area contributed by atoms with Gasteiger partial charge in [-0.1, -0.05) is 28.4 Å². The van der Waals surface area contributed by atoms with Gasteiger partial charge in [0.2, 0.25) is 11.7 Å². The van der Waals surface area contributed by atoms with E-state index < -0.39 is 0 Å². The minimum absolute atomic E-state index is 0.00289. The fourth-order valence-corrected chi connectivity index (χ4v) is 2.91. The number of carbonyl (C=O) groups excluding carboxylic acids is 1. The lowest BCUT2D eigenvalue weighted by atomic mass is 9.98. The lowest BCUT2D eigenvalue weighted by Gasteiger charge is -2.37. The molecule has 24 heavy (non-hydrogen) atoms. The number of halogens is 2. The van der Waals surface area contributed by atoms with Crippen molar-refractivity contribution in [1.29, 1.82) is 0 Å². The van der Waals surface area contributed by atoms with E-state index >= 15 is 0 Å². The quantitative estimate of drug-likeness (QED) is 0.705. The van der Waals surface area contributed by atoms with Gasteiger partial charge in [-0.05, 0) is 30.3 Å². The SMILES string of the molecule is O=C(c1cc(Cl)ccc1Cl)N1CC(c2nc(-c3ccco3)no2)C1. The molecule has 0 saturated carbocycles. The van der Waals surface area contributed by atoms with Gasteiger partial charge in [0.25, 0.3) is 5.91 Å². The van der Waals surface area contributed by atoms with Crippen molar-refractivity contribution in [1.82, 2.24) is 15.0 Å². The zero-order chi connectivity index (χ0) is 16.7. The van der Waals surface area contributed by atoms with Gasteiger partial charge in [-0.15, -0.1) is 0 Å². The topological polar surface area (TPSA) is 72.4 Å². The van der Waals surface area contributed by atoms with Crippen LogP contribution in [0, 0.1) is 0 Å². The zero-order valence-corrected chi connectivity index (χ0v) is 13.8. The molecule has 0 spiro atoms. The molecule has 8 heteroatoms. The maximum Gasteiger partial charge on any atom is 0.255 e. The van der Waals surface area contributed by atoms with Crippen molar-refractivity contribution in [2.75, 3.05) is 13.1 Å². The first-order valence-corrected chi connectivity index (χ1v) is 7.99. The lowest BCUT2D eigenvalue weighted by Crippen LogP contribution is -2.48. The van der Waals surface area contributed by atoms with Crippen molar-refractivity contribution >= 4 is 29.1 Å². The Balaban J connectivity index is 1.45. The second kappa shape index (κ2) is 5.96. The van der Waals surface area contributed by atoms with Crippen LogP contribution in [-0.4, -0.2) is 34.0 Å². The number of amides is 1. The van der Waals surface area contributed by atoms with Gasteiger partial charge < -0.3 is 13.8 Å². The highest BCUT2D eigenvalue weighted by Crippen LogP contribution is 2.31. The molecule has 3 aromatic rings. The summed E-state index contributed by atoms with van der Waals surface area (Å²) in [6, 6.07) is 8.34. The molecule has 0 atom stereocenters. The monoisotopic (exact) mass is 363 g/mol. The number of nitrogens with zero attached hydrogens (tertiary/aromatic N) is 3. The largest absolute Gasteiger partial charge is 0.461 e. The predicted molar refractivity (Wildman–Crippen MR) is 87.1 cm³/mol. The van der Waals surface area contributed by atoms with Gasteiger partial charge >= 0.3 is 0 Å². The molecule has 1 aliphatic rings. The minimum atomic E-state index is -0.162. The van der Waals surface area contributed by atoms with Gasteiger partial charge in [-0.25, -0.2) is 0 Å². The summed E-state index contributed by atoms with van der Waals surface area (Å²) in [6.45, 7) is 0.975. The van der Waals surface area contributed by atoms with E-state index in [2.05, 4.69) is 10.1 Å². The Morgan fingerprint density at radius 1 is 1.25 bits per heavy atom. The van der Waals surface area contributed by atoms with Gasteiger partial charge in [-0.2, -0.15) is 4.98 Å². The highest BCUT2D eigenvalue weighted by atomic mass is 35.5. The third-order valence-electron chi connectivity index (χ3n) is 3.86. The standard InChI is InChI=1S/C16H11Cl2N3O3/c17-10-3-4-12(18)11(6-10)16(22)21-7-9(8-21)15-19-14(20-24-15)13-2-1-5-23-13/h1-6,9H,7-8H2. The molecule has 4 rings (SSSR count). The molecule has 6 nitrogen and oxygen atoms in total. The highest BCUT2D eigenvalue weighted by Gasteiger charge is 2.36. The van der Waals surface area contributed by atoms with Crippen LogP contribution < -0.4 is 0 Å². The van der Waals surface area contributed by atoms with E-state index in [-0.39, 0.29) is 11.8 Å². The average molecular weight is 364 g/mol. The summed E-state index contributed by atoms with van der Waals surface area (Å²) >= 11 is 12.0. The van der Waals surface area contributed by atoms with Gasteiger partial charge in [-0.3, -0.25) is 4.79 Å². The summed E-state index contributed by atoms with van der Waals surface area (Å²) in [5.41, 5.74) is 0.393. The van der Waals surface area contributed by atoms with E-state index in [1.165, 1.54) is 0 Å². The number of hydrogen-bond donors (Lipinski definition) is 0. The van der Waals surface area contributed by atoms with Crippen LogP contribution in [0.25, 0.3) is 11.6 Å². The molecular formula is C16H11Cl2N3O3. The molecule has 1 amide bonds. The summed E-state index contributed by atoms with van der Waals surface area (Å²) in [4.78, 5) is 18.5. The molecular weight excluding hydrogens is 353 g/mol. The number of rotatable bonds is 3. The van der Waals surface area contributed by atoms with Crippen LogP contribution in [0.3, 0.4) is 0 Å². The maximum atomic E-state index is 12.5. The first-order valence-electron chi connectivity index (χ1n) is 7.23. The first kappa shape index (κ1) is 15.2. The molecule has 1 saturated heterocycles. The van der Waals surface area contributed by atoms with Crippen LogP contribution >= 0.6 is 23.2 Å². The zero-order valence-electron chi connectivity index (χ0n) is 12.3. The third kappa shape index (κ3) is 2.68. The Kier molecular flexibility index (Phi) is 3.78. The number of carbonyl (C=O) groups is 1. The van der Waals surface area contributed by atoms with E-state index in [1.807, 2.05) is 0 Å². The fraction of sp³-hybridized carbons (Fsp3) is 0.188. The van der Waals surface area contributed by atoms with Crippen molar-refractivity contribution in [3.8, 4) is 11.6 Å². The Hall–Kier alpha value is -2.31. The van der Waals surface area contributed by atoms with E-state index in [9.17, 15) is 4.79 Å². The van der Waals surface area contributed by atoms with Crippen molar-refractivity contribution in [3.63, 3.8) is 0 Å². The molecule has 2 aromatic heterocycles. The summed E-state index contributed by atoms with van der Waals surface area (Å²) in [5, 5.41) is 4.75. The number of aromatic nitrogens is 2. The third-order valence-corrected chi connectivity index (χ3v) is 4.42. The highest BCUT2D eigenvalue weighted by molar-refractivity contribution is 6.35. The molecule has 3 heterocycles. The molecule has 122 valence electrons. The summed E-state index contributed by atoms with van der Waals surface area (Å²) < 4.78 is 10.5. The molecule has 1 fully saturated rings. The molecule has 0 bridgehead atoms. The number of benzene rings is 1. The van der Waals surface area contributed by atoms with E-state index in [1.54, 1.807) is 41.5 Å². The fourth-order valence-electron chi connectivity index (χ4n) is 2.54. The van der Waals surface area contributed by atoms with E-state index in [0.717, 1.165) is 0 Å². The summed E-state index contributed by atoms with van der Waals surface area (Å²) in [5.74, 6) is 1.27. The lowest BCUT2D eigenvalue weighted by molar-refractivity contribution is 0.0569. The molecule has 1 aromatic carbocycles. The second-order valence-corrected chi connectivity index (χ2v) is 6.31. The number of hydrogen-bond acceptors (Lipinski definition) is 5. The molecule has 0 unspecified atom stereocenters. The Morgan fingerprint density at radius 3 is 2.83 bits per heavy atom. The van der Waals surface area contributed by atoms with Crippen molar-refractivity contribution in [2.24, 2.45) is 0 Å². The van der Waals surface area contributed by atoms with E-state index in [4.69, 9.17) is 32.1 Å². The first-order chi connectivity index (χ1) is 11.6. The molecule has 0 N–H and O–H groups in total. The smallest absolute Gasteiger partial charge is 0.255 e. The van der Waals surface area contributed by atoms with Crippen LogP contribution in [-0.2, 0) is 0 Å². The Morgan fingerprint density at radius 2 is 2.08 bits per heavy atom. The molecule has 0 aliphatic carbocycles. The van der Waals surface area contributed by atoms with Gasteiger partial charge in [0.1, 0.15) is 0 Å². The van der Waals surface area contributed by atoms with Gasteiger partial charge in [0.05, 0.1) is 22.8 Å². The van der Waals surface area contributed by atoms with Gasteiger partial charge in [0.15, 0.2) is 5.76 Å². The number of furan rings is 1.